The van der Waals surface area contributed by atoms with E-state index in [1.54, 1.807) is 0 Å². The van der Waals surface area contributed by atoms with E-state index >= 15 is 0 Å². The van der Waals surface area contributed by atoms with Gasteiger partial charge in [-0.15, -0.1) is 28.1 Å². The lowest BCUT2D eigenvalue weighted by molar-refractivity contribution is -0.113. The van der Waals surface area contributed by atoms with Gasteiger partial charge < -0.3 is 5.32 Å². The molecule has 1 amide bonds. The van der Waals surface area contributed by atoms with Crippen molar-refractivity contribution in [2.75, 3.05) is 11.1 Å². The van der Waals surface area contributed by atoms with Gasteiger partial charge in [-0.3, -0.25) is 9.36 Å². The molecule has 1 aliphatic carbocycles. The van der Waals surface area contributed by atoms with Gasteiger partial charge in [-0.2, -0.15) is 0 Å². The minimum atomic E-state index is -0.0451. The molecule has 0 radical (unpaired) electrons. The number of carbonyl (C=O) groups excluding carboxylic acids is 1. The number of hydrogen-bond donors (Lipinski definition) is 1. The molecule has 3 aromatic rings. The average molecular weight is 439 g/mol. The fourth-order valence-electron chi connectivity index (χ4n) is 3.77. The molecule has 2 aromatic heterocycles. The van der Waals surface area contributed by atoms with Crippen LogP contribution in [-0.4, -0.2) is 26.4 Å². The van der Waals surface area contributed by atoms with Crippen LogP contribution < -0.4 is 5.32 Å². The maximum atomic E-state index is 12.5. The third kappa shape index (κ3) is 4.23. The quantitative estimate of drug-likeness (QED) is 0.395. The molecule has 0 fully saturated rings. The highest BCUT2D eigenvalue weighted by Crippen LogP contribution is 2.36. The second-order valence-electron chi connectivity index (χ2n) is 7.55. The number of carbonyl (C=O) groups is 1. The van der Waals surface area contributed by atoms with Crippen molar-refractivity contribution >= 4 is 34.7 Å². The van der Waals surface area contributed by atoms with Gasteiger partial charge in [0.1, 0.15) is 0 Å². The average Bonchev–Trinajstić information content (AvgIpc) is 3.34. The second-order valence-corrected chi connectivity index (χ2v) is 9.45. The summed E-state index contributed by atoms with van der Waals surface area (Å²) >= 11 is 3.24. The summed E-state index contributed by atoms with van der Waals surface area (Å²) in [6, 6.07) is 5.94. The fourth-order valence-corrected chi connectivity index (χ4v) is 5.64. The summed E-state index contributed by atoms with van der Waals surface area (Å²) < 4.78 is 2.07. The lowest BCUT2D eigenvalue weighted by Gasteiger charge is -2.13. The highest BCUT2D eigenvalue weighted by atomic mass is 32.2. The van der Waals surface area contributed by atoms with Crippen molar-refractivity contribution in [1.29, 1.82) is 0 Å². The molecule has 0 spiro atoms. The van der Waals surface area contributed by atoms with Gasteiger partial charge >= 0.3 is 0 Å². The van der Waals surface area contributed by atoms with Gasteiger partial charge in [0.2, 0.25) is 5.91 Å². The molecule has 0 saturated heterocycles. The van der Waals surface area contributed by atoms with E-state index in [0.717, 1.165) is 40.6 Å². The normalized spacial score (nSPS) is 13.1. The lowest BCUT2D eigenvalue weighted by atomic mass is 9.95. The van der Waals surface area contributed by atoms with E-state index in [2.05, 4.69) is 32.0 Å². The molecular formula is C23H26N4OS2. The Bertz CT molecular complexity index is 1080. The van der Waals surface area contributed by atoms with Crippen molar-refractivity contribution in [3.8, 4) is 11.4 Å². The number of anilines is 1. The van der Waals surface area contributed by atoms with Crippen molar-refractivity contribution in [3.05, 3.63) is 57.8 Å². The Morgan fingerprint density at radius 1 is 1.30 bits per heavy atom. The minimum Gasteiger partial charge on any atom is -0.325 e. The molecule has 0 atom stereocenters. The van der Waals surface area contributed by atoms with Crippen LogP contribution >= 0.6 is 23.1 Å². The molecular weight excluding hydrogens is 412 g/mol. The summed E-state index contributed by atoms with van der Waals surface area (Å²) in [7, 11) is 0. The van der Waals surface area contributed by atoms with E-state index in [9.17, 15) is 4.79 Å². The zero-order valence-electron chi connectivity index (χ0n) is 17.4. The minimum absolute atomic E-state index is 0.0451. The van der Waals surface area contributed by atoms with Crippen LogP contribution in [0.2, 0.25) is 0 Å². The summed E-state index contributed by atoms with van der Waals surface area (Å²) in [6.45, 7) is 8.58. The molecule has 0 saturated carbocycles. The van der Waals surface area contributed by atoms with E-state index in [1.807, 2.05) is 49.5 Å². The highest BCUT2D eigenvalue weighted by molar-refractivity contribution is 7.99. The largest absolute Gasteiger partial charge is 0.325 e. The van der Waals surface area contributed by atoms with Crippen molar-refractivity contribution in [3.63, 3.8) is 0 Å². The number of aryl methyl sites for hydroxylation is 2. The van der Waals surface area contributed by atoms with Crippen LogP contribution in [0, 0.1) is 13.8 Å². The van der Waals surface area contributed by atoms with E-state index in [1.165, 1.54) is 40.6 Å². The van der Waals surface area contributed by atoms with E-state index in [0.29, 0.717) is 6.54 Å². The van der Waals surface area contributed by atoms with Crippen LogP contribution in [0.15, 0.2) is 41.4 Å². The smallest absolute Gasteiger partial charge is 0.234 e. The Morgan fingerprint density at radius 2 is 2.13 bits per heavy atom. The van der Waals surface area contributed by atoms with E-state index in [-0.39, 0.29) is 11.7 Å². The number of benzene rings is 1. The number of nitrogens with zero attached hydrogens (tertiary/aromatic N) is 3. The number of fused-ring (bicyclic) bond motifs is 1. The zero-order valence-corrected chi connectivity index (χ0v) is 19.0. The van der Waals surface area contributed by atoms with Crippen LogP contribution in [0.5, 0.6) is 0 Å². The Labute approximate surface area is 185 Å². The summed E-state index contributed by atoms with van der Waals surface area (Å²) in [6.07, 6.45) is 6.62. The highest BCUT2D eigenvalue weighted by Gasteiger charge is 2.22. The standard InChI is InChI=1S/C23H26N4OS2/c1-4-12-27-22(18-13-29-20-11-6-5-9-17(18)20)25-26-23(27)30-14-21(28)24-19-10-7-8-15(2)16(19)3/h4,7-8,10,13H,1,5-6,9,11-12,14H2,2-3H3,(H,24,28). The number of thioether (sulfide) groups is 1. The number of amides is 1. The molecule has 7 heteroatoms. The van der Waals surface area contributed by atoms with Gasteiger partial charge in [-0.1, -0.05) is 30.0 Å². The Kier molecular flexibility index (Phi) is 6.39. The van der Waals surface area contributed by atoms with E-state index < -0.39 is 0 Å². The Morgan fingerprint density at radius 3 is 2.97 bits per heavy atom. The predicted molar refractivity (Wildman–Crippen MR) is 125 cm³/mol. The van der Waals surface area contributed by atoms with Crippen LogP contribution in [0.4, 0.5) is 5.69 Å². The number of nitrogens with one attached hydrogen (secondary N) is 1. The molecule has 1 aromatic carbocycles. The second kappa shape index (κ2) is 9.18. The van der Waals surface area contributed by atoms with Gasteiger partial charge in [0.25, 0.3) is 0 Å². The van der Waals surface area contributed by atoms with Gasteiger partial charge in [0.15, 0.2) is 11.0 Å². The SMILES string of the molecule is C=CCn1c(SCC(=O)Nc2cccc(C)c2C)nnc1-c1csc2c1CCCC2. The molecule has 4 rings (SSSR count). The fraction of sp³-hybridized carbons (Fsp3) is 0.348. The van der Waals surface area contributed by atoms with Crippen LogP contribution in [0.3, 0.4) is 0 Å². The Balaban J connectivity index is 1.51. The monoisotopic (exact) mass is 438 g/mol. The maximum Gasteiger partial charge on any atom is 0.234 e. The topological polar surface area (TPSA) is 59.8 Å². The third-order valence-electron chi connectivity index (χ3n) is 5.54. The number of rotatable bonds is 7. The van der Waals surface area contributed by atoms with Crippen LogP contribution in [0.1, 0.15) is 34.4 Å². The summed E-state index contributed by atoms with van der Waals surface area (Å²) in [4.78, 5) is 14.0. The van der Waals surface area contributed by atoms with Crippen molar-refractivity contribution in [1.82, 2.24) is 14.8 Å². The third-order valence-corrected chi connectivity index (χ3v) is 7.60. The molecule has 5 nitrogen and oxygen atoms in total. The van der Waals surface area contributed by atoms with E-state index in [4.69, 9.17) is 0 Å². The summed E-state index contributed by atoms with van der Waals surface area (Å²) in [5.74, 6) is 1.12. The van der Waals surface area contributed by atoms with Crippen LogP contribution in [-0.2, 0) is 24.2 Å². The molecule has 156 valence electrons. The van der Waals surface area contributed by atoms with Crippen molar-refractivity contribution in [2.45, 2.75) is 51.2 Å². The van der Waals surface area contributed by atoms with Gasteiger partial charge in [0, 0.05) is 28.1 Å². The number of aromatic nitrogens is 3. The molecule has 0 unspecified atom stereocenters. The Hall–Kier alpha value is -2.38. The maximum absolute atomic E-state index is 12.5. The first-order valence-corrected chi connectivity index (χ1v) is 12.1. The molecule has 1 aliphatic rings. The van der Waals surface area contributed by atoms with Crippen molar-refractivity contribution in [2.24, 2.45) is 0 Å². The first-order chi connectivity index (χ1) is 14.6. The van der Waals surface area contributed by atoms with Crippen LogP contribution in [0.25, 0.3) is 11.4 Å². The first-order valence-electron chi connectivity index (χ1n) is 10.2. The van der Waals surface area contributed by atoms with Crippen molar-refractivity contribution < 1.29 is 4.79 Å². The summed E-state index contributed by atoms with van der Waals surface area (Å²) in [5.41, 5.74) is 5.73. The summed E-state index contributed by atoms with van der Waals surface area (Å²) in [5, 5.41) is 14.9. The number of allylic oxidation sites excluding steroid dienone is 1. The number of hydrogen-bond acceptors (Lipinski definition) is 5. The molecule has 0 aliphatic heterocycles. The molecule has 30 heavy (non-hydrogen) atoms. The van der Waals surface area contributed by atoms with Gasteiger partial charge in [-0.25, -0.2) is 0 Å². The van der Waals surface area contributed by atoms with Gasteiger partial charge in [-0.05, 0) is 62.3 Å². The molecule has 0 bridgehead atoms. The lowest BCUT2D eigenvalue weighted by Crippen LogP contribution is -2.15. The predicted octanol–water partition coefficient (Wildman–Crippen LogP) is 5.42. The molecule has 1 N–H and O–H groups in total. The number of thiophene rings is 1. The zero-order chi connectivity index (χ0) is 21.1. The van der Waals surface area contributed by atoms with Gasteiger partial charge in [0.05, 0.1) is 5.75 Å². The first kappa shape index (κ1) is 20.9. The molecule has 2 heterocycles.